The zero-order chi connectivity index (χ0) is 17.9. The molecule has 0 aliphatic carbocycles. The summed E-state index contributed by atoms with van der Waals surface area (Å²) < 4.78 is 45.5. The van der Waals surface area contributed by atoms with Gasteiger partial charge in [0.05, 0.1) is 19.2 Å². The van der Waals surface area contributed by atoms with Gasteiger partial charge in [-0.05, 0) is 25.1 Å². The highest BCUT2D eigenvalue weighted by Crippen LogP contribution is 2.24. The number of aliphatic hydroxyl groups is 1. The quantitative estimate of drug-likeness (QED) is 0.881. The van der Waals surface area contributed by atoms with E-state index in [-0.39, 0.29) is 16.9 Å². The van der Waals surface area contributed by atoms with Crippen LogP contribution < -0.4 is 10.1 Å². The number of halogens is 3. The maximum Gasteiger partial charge on any atom is 0.254 e. The lowest BCUT2D eigenvalue weighted by Gasteiger charge is -2.24. The Morgan fingerprint density at radius 1 is 1.25 bits per heavy atom. The number of amides is 1. The molecule has 2 aromatic carbocycles. The van der Waals surface area contributed by atoms with E-state index in [1.165, 1.54) is 32.2 Å². The molecule has 1 amide bonds. The van der Waals surface area contributed by atoms with Crippen LogP contribution in [-0.2, 0) is 5.60 Å². The van der Waals surface area contributed by atoms with Gasteiger partial charge in [-0.25, -0.2) is 13.2 Å². The predicted molar refractivity (Wildman–Crippen MR) is 81.2 cm³/mol. The van der Waals surface area contributed by atoms with Crippen molar-refractivity contribution in [3.8, 4) is 5.75 Å². The average Bonchev–Trinajstić information content (AvgIpc) is 2.52. The molecular weight excluding hydrogens is 323 g/mol. The second kappa shape index (κ2) is 6.92. The highest BCUT2D eigenvalue weighted by atomic mass is 19.1. The highest BCUT2D eigenvalue weighted by Gasteiger charge is 2.28. The van der Waals surface area contributed by atoms with Crippen molar-refractivity contribution in [1.82, 2.24) is 5.32 Å². The fourth-order valence-electron chi connectivity index (χ4n) is 2.21. The van der Waals surface area contributed by atoms with E-state index >= 15 is 0 Å². The van der Waals surface area contributed by atoms with Crippen LogP contribution in [0.1, 0.15) is 22.8 Å². The first-order chi connectivity index (χ1) is 11.3. The van der Waals surface area contributed by atoms with E-state index in [1.54, 1.807) is 0 Å². The molecule has 0 saturated carbocycles. The molecule has 0 aliphatic heterocycles. The summed E-state index contributed by atoms with van der Waals surface area (Å²) in [6.07, 6.45) is 0. The van der Waals surface area contributed by atoms with E-state index in [0.717, 1.165) is 12.1 Å². The molecule has 24 heavy (non-hydrogen) atoms. The summed E-state index contributed by atoms with van der Waals surface area (Å²) in [6, 6.07) is 6.76. The van der Waals surface area contributed by atoms with Crippen molar-refractivity contribution in [3.63, 3.8) is 0 Å². The van der Waals surface area contributed by atoms with E-state index in [4.69, 9.17) is 4.74 Å². The van der Waals surface area contributed by atoms with Crippen LogP contribution in [0.4, 0.5) is 13.2 Å². The zero-order valence-corrected chi connectivity index (χ0v) is 13.1. The van der Waals surface area contributed by atoms with E-state index in [9.17, 15) is 23.1 Å². The Bertz CT molecular complexity index is 763. The molecule has 2 N–H and O–H groups in total. The summed E-state index contributed by atoms with van der Waals surface area (Å²) in [7, 11) is 1.27. The van der Waals surface area contributed by atoms with Crippen LogP contribution in [0.2, 0.25) is 0 Å². The Morgan fingerprint density at radius 2 is 1.96 bits per heavy atom. The number of nitrogens with one attached hydrogen (secondary N) is 1. The molecule has 0 bridgehead atoms. The fraction of sp³-hybridized carbons (Fsp3) is 0.235. The first-order valence-corrected chi connectivity index (χ1v) is 7.05. The molecule has 1 atom stereocenters. The number of carbonyl (C=O) groups excluding carboxylic acids is 1. The van der Waals surface area contributed by atoms with Gasteiger partial charge in [0.2, 0.25) is 0 Å². The summed E-state index contributed by atoms with van der Waals surface area (Å²) >= 11 is 0. The van der Waals surface area contributed by atoms with Crippen LogP contribution in [0.25, 0.3) is 0 Å². The van der Waals surface area contributed by atoms with Crippen LogP contribution >= 0.6 is 0 Å². The first-order valence-electron chi connectivity index (χ1n) is 7.05. The van der Waals surface area contributed by atoms with Gasteiger partial charge in [-0.2, -0.15) is 0 Å². The molecular formula is C17H16F3NO3. The zero-order valence-electron chi connectivity index (χ0n) is 13.1. The molecule has 2 aromatic rings. The number of ether oxygens (including phenoxy) is 1. The van der Waals surface area contributed by atoms with Crippen molar-refractivity contribution < 1.29 is 27.8 Å². The van der Waals surface area contributed by atoms with Crippen LogP contribution in [-0.4, -0.2) is 24.7 Å². The molecule has 7 heteroatoms. The van der Waals surface area contributed by atoms with E-state index in [2.05, 4.69) is 5.32 Å². The van der Waals surface area contributed by atoms with Gasteiger partial charge in [0.15, 0.2) is 11.6 Å². The SMILES string of the molecule is COc1cccc(C(=O)NCC(C)(O)c2ccc(F)cc2F)c1F. The molecule has 0 spiro atoms. The fourth-order valence-corrected chi connectivity index (χ4v) is 2.21. The third-order valence-corrected chi connectivity index (χ3v) is 3.53. The molecule has 1 unspecified atom stereocenters. The van der Waals surface area contributed by atoms with Gasteiger partial charge in [0.25, 0.3) is 5.91 Å². The molecule has 0 heterocycles. The molecule has 0 aliphatic rings. The van der Waals surface area contributed by atoms with Gasteiger partial charge in [-0.1, -0.05) is 12.1 Å². The van der Waals surface area contributed by atoms with Crippen molar-refractivity contribution in [1.29, 1.82) is 0 Å². The molecule has 0 saturated heterocycles. The van der Waals surface area contributed by atoms with Gasteiger partial charge in [-0.3, -0.25) is 4.79 Å². The normalized spacial score (nSPS) is 13.2. The van der Waals surface area contributed by atoms with Crippen molar-refractivity contribution in [2.75, 3.05) is 13.7 Å². The summed E-state index contributed by atoms with van der Waals surface area (Å²) in [5, 5.41) is 12.7. The van der Waals surface area contributed by atoms with E-state index in [1.807, 2.05) is 0 Å². The largest absolute Gasteiger partial charge is 0.494 e. The lowest BCUT2D eigenvalue weighted by Crippen LogP contribution is -2.39. The third kappa shape index (κ3) is 3.68. The molecule has 2 rings (SSSR count). The average molecular weight is 339 g/mol. The van der Waals surface area contributed by atoms with Gasteiger partial charge in [0.1, 0.15) is 17.2 Å². The maximum atomic E-state index is 14.0. The second-order valence-corrected chi connectivity index (χ2v) is 5.40. The number of hydrogen-bond donors (Lipinski definition) is 2. The summed E-state index contributed by atoms with van der Waals surface area (Å²) in [6.45, 7) is 0.858. The van der Waals surface area contributed by atoms with Crippen LogP contribution in [0.15, 0.2) is 36.4 Å². The standard InChI is InChI=1S/C17H16F3NO3/c1-17(23,12-7-6-10(18)8-13(12)19)9-21-16(22)11-4-3-5-14(24-2)15(11)20/h3-8,23H,9H2,1-2H3,(H,21,22). The maximum absolute atomic E-state index is 14.0. The number of rotatable bonds is 5. The van der Waals surface area contributed by atoms with Gasteiger partial charge in [-0.15, -0.1) is 0 Å². The molecule has 0 fully saturated rings. The monoisotopic (exact) mass is 339 g/mol. The molecule has 128 valence electrons. The smallest absolute Gasteiger partial charge is 0.254 e. The number of carbonyl (C=O) groups is 1. The minimum Gasteiger partial charge on any atom is -0.494 e. The van der Waals surface area contributed by atoms with Crippen molar-refractivity contribution in [3.05, 3.63) is 65.0 Å². The van der Waals surface area contributed by atoms with Gasteiger partial charge >= 0.3 is 0 Å². The third-order valence-electron chi connectivity index (χ3n) is 3.53. The van der Waals surface area contributed by atoms with Crippen LogP contribution in [0.3, 0.4) is 0 Å². The Hall–Kier alpha value is -2.54. The Morgan fingerprint density at radius 3 is 2.58 bits per heavy atom. The molecule has 0 radical (unpaired) electrons. The number of hydrogen-bond acceptors (Lipinski definition) is 3. The Labute approximate surface area is 136 Å². The lowest BCUT2D eigenvalue weighted by molar-refractivity contribution is 0.0493. The summed E-state index contributed by atoms with van der Waals surface area (Å²) in [4.78, 5) is 12.1. The Kier molecular flexibility index (Phi) is 5.14. The Balaban J connectivity index is 2.16. The predicted octanol–water partition coefficient (Wildman–Crippen LogP) is 2.75. The van der Waals surface area contributed by atoms with Crippen molar-refractivity contribution in [2.45, 2.75) is 12.5 Å². The second-order valence-electron chi connectivity index (χ2n) is 5.40. The lowest BCUT2D eigenvalue weighted by atomic mass is 9.95. The molecule has 0 aromatic heterocycles. The summed E-state index contributed by atoms with van der Waals surface area (Å²) in [5.74, 6) is -3.46. The van der Waals surface area contributed by atoms with E-state index < -0.39 is 35.5 Å². The van der Waals surface area contributed by atoms with Crippen LogP contribution in [0.5, 0.6) is 5.75 Å². The topological polar surface area (TPSA) is 58.6 Å². The molecule has 4 nitrogen and oxygen atoms in total. The minimum atomic E-state index is -1.80. The first kappa shape index (κ1) is 17.8. The number of benzene rings is 2. The highest BCUT2D eigenvalue weighted by molar-refractivity contribution is 5.95. The number of methoxy groups -OCH3 is 1. The van der Waals surface area contributed by atoms with Gasteiger partial charge in [0, 0.05) is 11.6 Å². The van der Waals surface area contributed by atoms with E-state index in [0.29, 0.717) is 6.07 Å². The van der Waals surface area contributed by atoms with Crippen molar-refractivity contribution >= 4 is 5.91 Å². The van der Waals surface area contributed by atoms with Gasteiger partial charge < -0.3 is 15.2 Å². The minimum absolute atomic E-state index is 0.0982. The summed E-state index contributed by atoms with van der Waals surface area (Å²) in [5.41, 5.74) is -2.26. The van der Waals surface area contributed by atoms with Crippen molar-refractivity contribution in [2.24, 2.45) is 0 Å². The van der Waals surface area contributed by atoms with Crippen LogP contribution in [0, 0.1) is 17.5 Å².